The minimum absolute atomic E-state index is 1.13. The van der Waals surface area contributed by atoms with E-state index < -0.39 is 0 Å². The molecule has 1 aliphatic rings. The van der Waals surface area contributed by atoms with Crippen molar-refractivity contribution >= 4 is 49.5 Å². The number of thioether (sulfide) groups is 1. The second-order valence-electron chi connectivity index (χ2n) is 10.4. The highest BCUT2D eigenvalue weighted by molar-refractivity contribution is 8.08. The number of aromatic nitrogens is 1. The Labute approximate surface area is 248 Å². The first-order valence-corrected chi connectivity index (χ1v) is 15.9. The van der Waals surface area contributed by atoms with Crippen LogP contribution in [0.3, 0.4) is 0 Å². The number of thiophene rings is 1. The summed E-state index contributed by atoms with van der Waals surface area (Å²) in [5.41, 5.74) is 8.68. The molecule has 0 spiro atoms. The van der Waals surface area contributed by atoms with E-state index >= 15 is 0 Å². The van der Waals surface area contributed by atoms with Crippen LogP contribution in [0.4, 0.5) is 0 Å². The SMILES string of the molecule is C1=C(c2c3ccccc3c(-c3cccs3)c3cc(-n4c(-c5ccccc5)ccc4-c4ccccc4)ccc23)SCC1. The van der Waals surface area contributed by atoms with Crippen LogP contribution in [0.25, 0.3) is 65.1 Å². The van der Waals surface area contributed by atoms with Gasteiger partial charge >= 0.3 is 0 Å². The lowest BCUT2D eigenvalue weighted by molar-refractivity contribution is 1.10. The van der Waals surface area contributed by atoms with Gasteiger partial charge in [-0.05, 0) is 74.8 Å². The van der Waals surface area contributed by atoms with E-state index in [1.165, 1.54) is 70.7 Å². The topological polar surface area (TPSA) is 4.93 Å². The number of benzene rings is 5. The number of nitrogens with zero attached hydrogens (tertiary/aromatic N) is 1. The summed E-state index contributed by atoms with van der Waals surface area (Å²) in [7, 11) is 0. The zero-order valence-corrected chi connectivity index (χ0v) is 24.1. The van der Waals surface area contributed by atoms with Crippen molar-refractivity contribution in [3.05, 3.63) is 144 Å². The maximum absolute atomic E-state index is 2.43. The second kappa shape index (κ2) is 10.3. The van der Waals surface area contributed by atoms with E-state index in [0.29, 0.717) is 0 Å². The third kappa shape index (κ3) is 4.16. The first-order valence-electron chi connectivity index (χ1n) is 14.1. The Bertz CT molecular complexity index is 1990. The van der Waals surface area contributed by atoms with Gasteiger partial charge in [-0.3, -0.25) is 0 Å². The molecule has 3 heteroatoms. The maximum atomic E-state index is 2.43. The lowest BCUT2D eigenvalue weighted by Crippen LogP contribution is -2.00. The van der Waals surface area contributed by atoms with Gasteiger partial charge in [0.25, 0.3) is 0 Å². The molecule has 0 radical (unpaired) electrons. The molecule has 8 rings (SSSR count). The van der Waals surface area contributed by atoms with Crippen molar-refractivity contribution in [2.45, 2.75) is 6.42 Å². The van der Waals surface area contributed by atoms with Gasteiger partial charge in [0.1, 0.15) is 0 Å². The molecular formula is C38H27NS2. The summed E-state index contributed by atoms with van der Waals surface area (Å²) in [6, 6.07) is 46.5. The zero-order valence-electron chi connectivity index (χ0n) is 22.5. The molecule has 196 valence electrons. The average molecular weight is 562 g/mol. The second-order valence-corrected chi connectivity index (χ2v) is 12.5. The lowest BCUT2D eigenvalue weighted by atomic mass is 9.90. The highest BCUT2D eigenvalue weighted by Gasteiger charge is 2.21. The monoisotopic (exact) mass is 561 g/mol. The number of fused-ring (bicyclic) bond motifs is 2. The smallest absolute Gasteiger partial charge is 0.0535 e. The van der Waals surface area contributed by atoms with Crippen LogP contribution in [0.2, 0.25) is 0 Å². The lowest BCUT2D eigenvalue weighted by Gasteiger charge is -2.20. The first-order chi connectivity index (χ1) is 20.4. The Balaban J connectivity index is 1.48. The van der Waals surface area contributed by atoms with Crippen LogP contribution in [-0.4, -0.2) is 10.3 Å². The summed E-state index contributed by atoms with van der Waals surface area (Å²) >= 11 is 3.81. The van der Waals surface area contributed by atoms with Crippen molar-refractivity contribution in [1.29, 1.82) is 0 Å². The van der Waals surface area contributed by atoms with Crippen molar-refractivity contribution in [2.24, 2.45) is 0 Å². The van der Waals surface area contributed by atoms with Gasteiger partial charge < -0.3 is 4.57 Å². The summed E-state index contributed by atoms with van der Waals surface area (Å²) < 4.78 is 2.43. The Morgan fingerprint density at radius 1 is 0.537 bits per heavy atom. The molecule has 0 saturated carbocycles. The fourth-order valence-electron chi connectivity index (χ4n) is 6.23. The van der Waals surface area contributed by atoms with E-state index in [9.17, 15) is 0 Å². The predicted octanol–water partition coefficient (Wildman–Crippen LogP) is 11.3. The van der Waals surface area contributed by atoms with E-state index in [-0.39, 0.29) is 0 Å². The van der Waals surface area contributed by atoms with Crippen molar-refractivity contribution in [1.82, 2.24) is 4.57 Å². The molecule has 0 saturated heterocycles. The van der Waals surface area contributed by atoms with Crippen LogP contribution in [0.5, 0.6) is 0 Å². The normalized spacial score (nSPS) is 13.2. The zero-order chi connectivity index (χ0) is 27.2. The van der Waals surface area contributed by atoms with E-state index in [1.54, 1.807) is 0 Å². The van der Waals surface area contributed by atoms with Gasteiger partial charge in [0.2, 0.25) is 0 Å². The predicted molar refractivity (Wildman–Crippen MR) is 180 cm³/mol. The molecule has 1 nitrogen and oxygen atoms in total. The molecule has 0 unspecified atom stereocenters. The minimum Gasteiger partial charge on any atom is -0.309 e. The standard InChI is InChI=1S/C38H27NS2/c1-3-11-26(12-4-1)33-21-22-34(27-13-5-2-6-14-27)39(33)28-19-20-31-32(25-28)38(36-18-10-24-41-36)30-16-8-7-15-29(30)37(31)35-17-9-23-40-35/h1-8,10-22,24-25H,9,23H2. The van der Waals surface area contributed by atoms with E-state index in [0.717, 1.165) is 12.2 Å². The summed E-state index contributed by atoms with van der Waals surface area (Å²) in [6.45, 7) is 0. The summed E-state index contributed by atoms with van der Waals surface area (Å²) in [4.78, 5) is 2.72. The van der Waals surface area contributed by atoms with Crippen molar-refractivity contribution in [2.75, 3.05) is 5.75 Å². The number of hydrogen-bond donors (Lipinski definition) is 0. The van der Waals surface area contributed by atoms with E-state index in [1.807, 2.05) is 23.1 Å². The molecule has 41 heavy (non-hydrogen) atoms. The highest BCUT2D eigenvalue weighted by Crippen LogP contribution is 2.47. The average Bonchev–Trinajstić information content (AvgIpc) is 3.83. The molecule has 1 aliphatic heterocycles. The van der Waals surface area contributed by atoms with E-state index in [4.69, 9.17) is 0 Å². The summed E-state index contributed by atoms with van der Waals surface area (Å²) in [6.07, 6.45) is 3.56. The van der Waals surface area contributed by atoms with Crippen molar-refractivity contribution in [3.8, 4) is 38.6 Å². The summed E-state index contributed by atoms with van der Waals surface area (Å²) in [5, 5.41) is 7.48. The molecule has 0 amide bonds. The van der Waals surface area contributed by atoms with Gasteiger partial charge in [-0.1, -0.05) is 103 Å². The molecule has 0 aliphatic carbocycles. The van der Waals surface area contributed by atoms with Gasteiger partial charge in [-0.15, -0.1) is 23.1 Å². The third-order valence-electron chi connectivity index (χ3n) is 8.00. The van der Waals surface area contributed by atoms with Gasteiger partial charge in [0, 0.05) is 32.3 Å². The molecule has 5 aromatic carbocycles. The fourth-order valence-corrected chi connectivity index (χ4v) is 8.09. The van der Waals surface area contributed by atoms with Crippen LogP contribution in [-0.2, 0) is 0 Å². The first kappa shape index (κ1) is 24.5. The Morgan fingerprint density at radius 2 is 1.17 bits per heavy atom. The fraction of sp³-hybridized carbons (Fsp3) is 0.0526. The van der Waals surface area contributed by atoms with Gasteiger partial charge in [-0.2, -0.15) is 0 Å². The minimum atomic E-state index is 1.13. The highest BCUT2D eigenvalue weighted by atomic mass is 32.2. The molecule has 7 aromatic rings. The van der Waals surface area contributed by atoms with Crippen LogP contribution in [0, 0.1) is 0 Å². The molecule has 0 N–H and O–H groups in total. The number of hydrogen-bond acceptors (Lipinski definition) is 2. The van der Waals surface area contributed by atoms with Crippen molar-refractivity contribution in [3.63, 3.8) is 0 Å². The quantitative estimate of drug-likeness (QED) is 0.189. The molecule has 0 bridgehead atoms. The van der Waals surface area contributed by atoms with E-state index in [2.05, 4.69) is 143 Å². The Kier molecular flexibility index (Phi) is 6.13. The maximum Gasteiger partial charge on any atom is 0.0535 e. The Hall–Kier alpha value is -4.31. The molecular weight excluding hydrogens is 535 g/mol. The van der Waals surface area contributed by atoms with Gasteiger partial charge in [0.05, 0.1) is 11.4 Å². The number of rotatable bonds is 5. The number of allylic oxidation sites excluding steroid dienone is 1. The van der Waals surface area contributed by atoms with Gasteiger partial charge in [-0.25, -0.2) is 0 Å². The summed E-state index contributed by atoms with van der Waals surface area (Å²) in [5.74, 6) is 1.15. The van der Waals surface area contributed by atoms with Crippen molar-refractivity contribution < 1.29 is 0 Å². The van der Waals surface area contributed by atoms with Gasteiger partial charge in [0.15, 0.2) is 0 Å². The molecule has 2 aromatic heterocycles. The van der Waals surface area contributed by atoms with Crippen LogP contribution in [0.15, 0.2) is 139 Å². The molecule has 0 fully saturated rings. The molecule has 0 atom stereocenters. The molecule has 3 heterocycles. The van der Waals surface area contributed by atoms with Crippen LogP contribution in [0.1, 0.15) is 12.0 Å². The van der Waals surface area contributed by atoms with Crippen LogP contribution < -0.4 is 0 Å². The Morgan fingerprint density at radius 3 is 1.78 bits per heavy atom. The largest absolute Gasteiger partial charge is 0.309 e. The third-order valence-corrected chi connectivity index (χ3v) is 10.0. The van der Waals surface area contributed by atoms with Crippen LogP contribution >= 0.6 is 23.1 Å².